The van der Waals surface area contributed by atoms with Gasteiger partial charge in [0.25, 0.3) is 5.56 Å². The molecule has 2 saturated heterocycles. The molecule has 1 atom stereocenters. The van der Waals surface area contributed by atoms with Gasteiger partial charge >= 0.3 is 0 Å². The van der Waals surface area contributed by atoms with Crippen LogP contribution in [0.25, 0.3) is 11.3 Å². The van der Waals surface area contributed by atoms with Gasteiger partial charge in [-0.1, -0.05) is 6.07 Å². The summed E-state index contributed by atoms with van der Waals surface area (Å²) in [5.41, 5.74) is 1.84. The molecule has 8 heteroatoms. The fourth-order valence-corrected chi connectivity index (χ4v) is 3.58. The predicted octanol–water partition coefficient (Wildman–Crippen LogP) is 1.14. The molecule has 4 heterocycles. The Morgan fingerprint density at radius 2 is 2.11 bits per heavy atom. The van der Waals surface area contributed by atoms with Crippen molar-refractivity contribution in [3.8, 4) is 11.3 Å². The summed E-state index contributed by atoms with van der Waals surface area (Å²) in [5, 5.41) is 6.89. The van der Waals surface area contributed by atoms with E-state index >= 15 is 0 Å². The lowest BCUT2D eigenvalue weighted by Gasteiger charge is -2.29. The first-order chi connectivity index (χ1) is 13.2. The van der Waals surface area contributed by atoms with Crippen molar-refractivity contribution in [3.63, 3.8) is 0 Å². The zero-order valence-electron chi connectivity index (χ0n) is 15.6. The second kappa shape index (κ2) is 8.06. The van der Waals surface area contributed by atoms with Crippen LogP contribution in [-0.4, -0.2) is 60.4 Å². The van der Waals surface area contributed by atoms with Crippen molar-refractivity contribution in [2.75, 3.05) is 49.6 Å². The molecular formula is C19H26N6O2. The van der Waals surface area contributed by atoms with Crippen LogP contribution in [0.5, 0.6) is 0 Å². The van der Waals surface area contributed by atoms with Gasteiger partial charge in [-0.15, -0.1) is 0 Å². The highest BCUT2D eigenvalue weighted by Crippen LogP contribution is 2.25. The Morgan fingerprint density at radius 1 is 1.26 bits per heavy atom. The van der Waals surface area contributed by atoms with Crippen LogP contribution < -0.4 is 21.1 Å². The molecule has 0 saturated carbocycles. The number of piperidine rings is 1. The Kier molecular flexibility index (Phi) is 5.35. The Balaban J connectivity index is 1.74. The molecule has 3 N–H and O–H groups in total. The predicted molar refractivity (Wildman–Crippen MR) is 105 cm³/mol. The highest BCUT2D eigenvalue weighted by atomic mass is 16.5. The fourth-order valence-electron chi connectivity index (χ4n) is 3.58. The molecule has 2 fully saturated rings. The molecule has 0 radical (unpaired) electrons. The monoisotopic (exact) mass is 370 g/mol. The van der Waals surface area contributed by atoms with Gasteiger partial charge in [-0.25, -0.2) is 0 Å². The smallest absolute Gasteiger partial charge is 0.263 e. The summed E-state index contributed by atoms with van der Waals surface area (Å²) in [6.45, 7) is 6.53. The fraction of sp³-hybridized carbons (Fsp3) is 0.526. The molecule has 2 aliphatic heterocycles. The Bertz CT molecular complexity index is 840. The van der Waals surface area contributed by atoms with E-state index < -0.39 is 0 Å². The number of hydrogen-bond acceptors (Lipinski definition) is 7. The largest absolute Gasteiger partial charge is 0.378 e. The topological polar surface area (TPSA) is 95.2 Å². The van der Waals surface area contributed by atoms with Crippen LogP contribution in [-0.2, 0) is 4.74 Å². The maximum absolute atomic E-state index is 13.0. The van der Waals surface area contributed by atoms with Crippen molar-refractivity contribution in [1.29, 1.82) is 0 Å². The summed E-state index contributed by atoms with van der Waals surface area (Å²) in [6.07, 6.45) is 2.16. The number of ether oxygens (including phenoxy) is 1. The van der Waals surface area contributed by atoms with Gasteiger partial charge in [0.1, 0.15) is 11.4 Å². The third-order valence-corrected chi connectivity index (χ3v) is 5.00. The van der Waals surface area contributed by atoms with Crippen LogP contribution in [0.1, 0.15) is 18.5 Å². The van der Waals surface area contributed by atoms with E-state index in [2.05, 4.69) is 25.5 Å². The zero-order valence-corrected chi connectivity index (χ0v) is 15.6. The zero-order chi connectivity index (χ0) is 18.6. The van der Waals surface area contributed by atoms with Crippen LogP contribution in [0.15, 0.2) is 23.0 Å². The molecule has 2 aromatic heterocycles. The molecule has 0 bridgehead atoms. The summed E-state index contributed by atoms with van der Waals surface area (Å²) < 4.78 is 5.41. The molecule has 0 amide bonds. The third kappa shape index (κ3) is 4.12. The summed E-state index contributed by atoms with van der Waals surface area (Å²) >= 11 is 0. The van der Waals surface area contributed by atoms with E-state index in [4.69, 9.17) is 9.72 Å². The Morgan fingerprint density at radius 3 is 2.85 bits per heavy atom. The van der Waals surface area contributed by atoms with Crippen molar-refractivity contribution in [3.05, 3.63) is 34.2 Å². The molecule has 0 aromatic carbocycles. The average molecular weight is 370 g/mol. The van der Waals surface area contributed by atoms with Crippen LogP contribution >= 0.6 is 0 Å². The lowest BCUT2D eigenvalue weighted by Crippen LogP contribution is -2.40. The van der Waals surface area contributed by atoms with E-state index in [-0.39, 0.29) is 11.6 Å². The molecular weight excluding hydrogens is 344 g/mol. The van der Waals surface area contributed by atoms with Gasteiger partial charge in [-0.3, -0.25) is 14.8 Å². The Labute approximate surface area is 158 Å². The van der Waals surface area contributed by atoms with Gasteiger partial charge in [0.15, 0.2) is 0 Å². The maximum Gasteiger partial charge on any atom is 0.263 e. The quantitative estimate of drug-likeness (QED) is 0.743. The number of hydrogen-bond donors (Lipinski definition) is 3. The van der Waals surface area contributed by atoms with Crippen LogP contribution in [0.3, 0.4) is 0 Å². The molecule has 27 heavy (non-hydrogen) atoms. The van der Waals surface area contributed by atoms with Gasteiger partial charge in [-0.2, -0.15) is 4.98 Å². The lowest BCUT2D eigenvalue weighted by molar-refractivity contribution is 0.122. The summed E-state index contributed by atoms with van der Waals surface area (Å²) in [7, 11) is 0. The van der Waals surface area contributed by atoms with Crippen LogP contribution in [0.4, 0.5) is 11.8 Å². The maximum atomic E-state index is 13.0. The molecule has 8 nitrogen and oxygen atoms in total. The lowest BCUT2D eigenvalue weighted by atomic mass is 10.1. The van der Waals surface area contributed by atoms with Crippen molar-refractivity contribution >= 4 is 11.8 Å². The minimum absolute atomic E-state index is 0.170. The molecule has 1 unspecified atom stereocenters. The van der Waals surface area contributed by atoms with Crippen LogP contribution in [0.2, 0.25) is 0 Å². The second-order valence-electron chi connectivity index (χ2n) is 7.06. The van der Waals surface area contributed by atoms with Gasteiger partial charge in [0.2, 0.25) is 5.95 Å². The van der Waals surface area contributed by atoms with E-state index in [1.54, 1.807) is 0 Å². The number of aromatic nitrogens is 3. The van der Waals surface area contributed by atoms with Gasteiger partial charge in [-0.05, 0) is 38.4 Å². The number of rotatable bonds is 4. The van der Waals surface area contributed by atoms with Crippen molar-refractivity contribution < 1.29 is 4.74 Å². The molecule has 0 spiro atoms. The summed E-state index contributed by atoms with van der Waals surface area (Å²) in [4.78, 5) is 27.4. The molecule has 2 aliphatic rings. The SMILES string of the molecule is Cc1cccc(-c2c(NC3CCCNC3)nc(N3CCOCC3)[nH]c2=O)n1. The second-order valence-corrected chi connectivity index (χ2v) is 7.06. The van der Waals surface area contributed by atoms with E-state index in [1.807, 2.05) is 25.1 Å². The number of morpholine rings is 1. The molecule has 144 valence electrons. The highest BCUT2D eigenvalue weighted by Gasteiger charge is 2.22. The number of H-pyrrole nitrogens is 1. The van der Waals surface area contributed by atoms with Crippen molar-refractivity contribution in [2.45, 2.75) is 25.8 Å². The Hall–Kier alpha value is -2.45. The van der Waals surface area contributed by atoms with E-state index in [9.17, 15) is 4.79 Å². The number of nitrogens with one attached hydrogen (secondary N) is 3. The molecule has 2 aromatic rings. The summed E-state index contributed by atoms with van der Waals surface area (Å²) in [5.74, 6) is 1.19. The molecule has 0 aliphatic carbocycles. The number of anilines is 2. The minimum Gasteiger partial charge on any atom is -0.378 e. The number of aryl methyl sites for hydroxylation is 1. The molecule has 4 rings (SSSR count). The third-order valence-electron chi connectivity index (χ3n) is 5.00. The summed E-state index contributed by atoms with van der Waals surface area (Å²) in [6, 6.07) is 5.94. The normalized spacial score (nSPS) is 20.5. The van der Waals surface area contributed by atoms with Gasteiger partial charge < -0.3 is 20.3 Å². The first kappa shape index (κ1) is 17.9. The van der Waals surface area contributed by atoms with Crippen LogP contribution in [0, 0.1) is 6.92 Å². The van der Waals surface area contributed by atoms with Gasteiger partial charge in [0, 0.05) is 31.4 Å². The van der Waals surface area contributed by atoms with E-state index in [0.29, 0.717) is 36.2 Å². The highest BCUT2D eigenvalue weighted by molar-refractivity contribution is 5.73. The number of pyridine rings is 1. The minimum atomic E-state index is -0.170. The average Bonchev–Trinajstić information content (AvgIpc) is 2.69. The first-order valence-electron chi connectivity index (χ1n) is 9.59. The number of aromatic amines is 1. The van der Waals surface area contributed by atoms with E-state index in [0.717, 1.165) is 44.7 Å². The van der Waals surface area contributed by atoms with Crippen molar-refractivity contribution in [2.24, 2.45) is 0 Å². The van der Waals surface area contributed by atoms with E-state index in [1.165, 1.54) is 0 Å². The van der Waals surface area contributed by atoms with Gasteiger partial charge in [0.05, 0.1) is 18.9 Å². The first-order valence-corrected chi connectivity index (χ1v) is 9.59. The standard InChI is InChI=1S/C19H26N6O2/c1-13-4-2-6-15(21-13)16-17(22-14-5-3-7-20-12-14)23-19(24-18(16)26)25-8-10-27-11-9-25/h2,4,6,14,20H,3,5,7-12H2,1H3,(H2,22,23,24,26). The number of nitrogens with zero attached hydrogens (tertiary/aromatic N) is 3. The van der Waals surface area contributed by atoms with Crippen molar-refractivity contribution in [1.82, 2.24) is 20.3 Å².